The van der Waals surface area contributed by atoms with Crippen LogP contribution in [-0.2, 0) is 16.0 Å². The fraction of sp³-hybridized carbons (Fsp3) is 0.467. The Balaban J connectivity index is 1.84. The number of carbonyl (C=O) groups is 2. The number of amides is 2. The smallest absolute Gasteiger partial charge is 0.254 e. The Morgan fingerprint density at radius 3 is 3.00 bits per heavy atom. The largest absolute Gasteiger partial charge is 0.375 e. The van der Waals surface area contributed by atoms with E-state index in [-0.39, 0.29) is 24.0 Å². The highest BCUT2D eigenvalue weighted by Gasteiger charge is 2.29. The van der Waals surface area contributed by atoms with Crippen molar-refractivity contribution in [3.63, 3.8) is 0 Å². The van der Waals surface area contributed by atoms with Crippen molar-refractivity contribution in [3.8, 4) is 0 Å². The van der Waals surface area contributed by atoms with Crippen molar-refractivity contribution in [1.82, 2.24) is 4.90 Å². The topological polar surface area (TPSA) is 58.6 Å². The van der Waals surface area contributed by atoms with Gasteiger partial charge < -0.3 is 15.0 Å². The molecule has 1 aromatic carbocycles. The van der Waals surface area contributed by atoms with E-state index in [0.29, 0.717) is 25.1 Å². The first kappa shape index (κ1) is 13.1. The second-order valence-corrected chi connectivity index (χ2v) is 5.55. The molecule has 1 N–H and O–H groups in total. The first-order valence-electron chi connectivity index (χ1n) is 6.90. The summed E-state index contributed by atoms with van der Waals surface area (Å²) in [5.74, 6) is -0.0189. The average Bonchev–Trinajstić information content (AvgIpc) is 2.79. The maximum Gasteiger partial charge on any atom is 0.254 e. The summed E-state index contributed by atoms with van der Waals surface area (Å²) in [7, 11) is 0. The van der Waals surface area contributed by atoms with Crippen molar-refractivity contribution in [3.05, 3.63) is 29.3 Å². The van der Waals surface area contributed by atoms with E-state index in [1.165, 1.54) is 0 Å². The molecule has 5 nitrogen and oxygen atoms in total. The van der Waals surface area contributed by atoms with Gasteiger partial charge in [0.15, 0.2) is 0 Å². The van der Waals surface area contributed by atoms with Gasteiger partial charge in [0.05, 0.1) is 25.2 Å². The number of ether oxygens (including phenoxy) is 1. The number of hydrogen-bond donors (Lipinski definition) is 1. The third-order valence-corrected chi connectivity index (χ3v) is 3.85. The maximum atomic E-state index is 12.6. The highest BCUT2D eigenvalue weighted by Crippen LogP contribution is 2.25. The van der Waals surface area contributed by atoms with Crippen molar-refractivity contribution < 1.29 is 14.3 Å². The monoisotopic (exact) mass is 274 g/mol. The zero-order valence-electron chi connectivity index (χ0n) is 11.7. The molecule has 2 amide bonds. The molecule has 0 aliphatic carbocycles. The summed E-state index contributed by atoms with van der Waals surface area (Å²) in [6.45, 7) is 5.12. The molecule has 3 rings (SSSR count). The Kier molecular flexibility index (Phi) is 3.22. The molecule has 1 aromatic rings. The van der Waals surface area contributed by atoms with Crippen LogP contribution in [0.15, 0.2) is 18.2 Å². The average molecular weight is 274 g/mol. The van der Waals surface area contributed by atoms with Crippen LogP contribution >= 0.6 is 0 Å². The van der Waals surface area contributed by atoms with E-state index in [1.54, 1.807) is 12.1 Å². The summed E-state index contributed by atoms with van der Waals surface area (Å²) in [5, 5.41) is 2.78. The number of hydrogen-bond acceptors (Lipinski definition) is 3. The van der Waals surface area contributed by atoms with Crippen LogP contribution in [-0.4, -0.2) is 42.0 Å². The number of fused-ring (bicyclic) bond motifs is 1. The molecule has 0 radical (unpaired) electrons. The Hall–Kier alpha value is -1.88. The molecule has 0 saturated carbocycles. The molecule has 1 saturated heterocycles. The molecule has 20 heavy (non-hydrogen) atoms. The van der Waals surface area contributed by atoms with Gasteiger partial charge in [0.1, 0.15) is 0 Å². The lowest BCUT2D eigenvalue weighted by molar-refractivity contribution is -0.115. The van der Waals surface area contributed by atoms with Crippen molar-refractivity contribution in [2.75, 3.05) is 18.5 Å². The first-order valence-corrected chi connectivity index (χ1v) is 6.90. The van der Waals surface area contributed by atoms with E-state index in [1.807, 2.05) is 24.8 Å². The Morgan fingerprint density at radius 1 is 1.40 bits per heavy atom. The van der Waals surface area contributed by atoms with Gasteiger partial charge in [-0.05, 0) is 31.5 Å². The molecule has 0 spiro atoms. The number of benzene rings is 1. The van der Waals surface area contributed by atoms with Gasteiger partial charge in [-0.15, -0.1) is 0 Å². The van der Waals surface area contributed by atoms with Crippen molar-refractivity contribution in [2.24, 2.45) is 0 Å². The molecule has 2 atom stereocenters. The van der Waals surface area contributed by atoms with Crippen LogP contribution in [0.25, 0.3) is 0 Å². The maximum absolute atomic E-state index is 12.6. The molecule has 2 aliphatic rings. The second-order valence-electron chi connectivity index (χ2n) is 5.55. The molecule has 2 heterocycles. The number of carbonyl (C=O) groups excluding carboxylic acids is 2. The van der Waals surface area contributed by atoms with E-state index in [4.69, 9.17) is 4.74 Å². The minimum absolute atomic E-state index is 0.00315. The van der Waals surface area contributed by atoms with E-state index in [9.17, 15) is 9.59 Å². The number of nitrogens with zero attached hydrogens (tertiary/aromatic N) is 1. The summed E-state index contributed by atoms with van der Waals surface area (Å²) < 4.78 is 5.54. The molecule has 0 aromatic heterocycles. The molecule has 1 fully saturated rings. The summed E-state index contributed by atoms with van der Waals surface area (Å²) >= 11 is 0. The van der Waals surface area contributed by atoms with Gasteiger partial charge in [-0.25, -0.2) is 0 Å². The third kappa shape index (κ3) is 2.29. The first-order chi connectivity index (χ1) is 9.54. The molecule has 5 heteroatoms. The molecule has 2 unspecified atom stereocenters. The van der Waals surface area contributed by atoms with E-state index >= 15 is 0 Å². The zero-order valence-corrected chi connectivity index (χ0v) is 11.7. The summed E-state index contributed by atoms with van der Waals surface area (Å²) in [6.07, 6.45) is 0.457. The molecule has 0 bridgehead atoms. The normalized spacial score (nSPS) is 25.3. The van der Waals surface area contributed by atoms with Gasteiger partial charge in [-0.1, -0.05) is 6.07 Å². The number of morpholine rings is 1. The van der Waals surface area contributed by atoms with Gasteiger partial charge in [-0.2, -0.15) is 0 Å². The number of nitrogens with one attached hydrogen (secondary N) is 1. The summed E-state index contributed by atoms with van der Waals surface area (Å²) in [4.78, 5) is 25.8. The molecule has 2 aliphatic heterocycles. The quantitative estimate of drug-likeness (QED) is 0.843. The second kappa shape index (κ2) is 4.90. The van der Waals surface area contributed by atoms with E-state index < -0.39 is 0 Å². The third-order valence-electron chi connectivity index (χ3n) is 3.85. The number of anilines is 1. The highest BCUT2D eigenvalue weighted by atomic mass is 16.5. The molecule has 106 valence electrons. The van der Waals surface area contributed by atoms with Crippen LogP contribution < -0.4 is 5.32 Å². The van der Waals surface area contributed by atoms with Gasteiger partial charge in [0, 0.05) is 17.8 Å². The van der Waals surface area contributed by atoms with Crippen molar-refractivity contribution in [2.45, 2.75) is 32.4 Å². The number of rotatable bonds is 1. The lowest BCUT2D eigenvalue weighted by Crippen LogP contribution is -2.50. The van der Waals surface area contributed by atoms with Crippen LogP contribution in [0, 0.1) is 0 Å². The minimum Gasteiger partial charge on any atom is -0.375 e. The van der Waals surface area contributed by atoms with E-state index in [0.717, 1.165) is 11.3 Å². The van der Waals surface area contributed by atoms with Crippen molar-refractivity contribution in [1.29, 1.82) is 0 Å². The molecular weight excluding hydrogens is 256 g/mol. The van der Waals surface area contributed by atoms with Crippen LogP contribution in [0.1, 0.15) is 29.8 Å². The highest BCUT2D eigenvalue weighted by molar-refractivity contribution is 6.02. The Morgan fingerprint density at radius 2 is 2.20 bits per heavy atom. The SMILES string of the molecule is CC1CN(C(=O)c2ccc3c(c2)NC(=O)C3)C(C)CO1. The van der Waals surface area contributed by atoms with Gasteiger partial charge >= 0.3 is 0 Å². The fourth-order valence-electron chi connectivity index (χ4n) is 2.70. The predicted molar refractivity (Wildman–Crippen MR) is 74.7 cm³/mol. The Labute approximate surface area is 117 Å². The van der Waals surface area contributed by atoms with Crippen LogP contribution in [0.4, 0.5) is 5.69 Å². The standard InChI is InChI=1S/C15H18N2O3/c1-9-8-20-10(2)7-17(9)15(19)12-4-3-11-6-14(18)16-13(11)5-12/h3-5,9-10H,6-8H2,1-2H3,(H,16,18). The lowest BCUT2D eigenvalue weighted by Gasteiger charge is -2.36. The van der Waals surface area contributed by atoms with Gasteiger partial charge in [0.25, 0.3) is 5.91 Å². The fourth-order valence-corrected chi connectivity index (χ4v) is 2.70. The van der Waals surface area contributed by atoms with Crippen molar-refractivity contribution >= 4 is 17.5 Å². The lowest BCUT2D eigenvalue weighted by atomic mass is 10.1. The van der Waals surface area contributed by atoms with Crippen LogP contribution in [0.5, 0.6) is 0 Å². The minimum atomic E-state index is -0.0158. The van der Waals surface area contributed by atoms with Crippen LogP contribution in [0.3, 0.4) is 0 Å². The van der Waals surface area contributed by atoms with E-state index in [2.05, 4.69) is 5.32 Å². The summed E-state index contributed by atoms with van der Waals surface area (Å²) in [6, 6.07) is 5.50. The zero-order chi connectivity index (χ0) is 14.3. The summed E-state index contributed by atoms with van der Waals surface area (Å²) in [5.41, 5.74) is 2.33. The van der Waals surface area contributed by atoms with Gasteiger partial charge in [-0.3, -0.25) is 9.59 Å². The molecular formula is C15H18N2O3. The Bertz CT molecular complexity index is 570. The van der Waals surface area contributed by atoms with Gasteiger partial charge in [0.2, 0.25) is 5.91 Å². The van der Waals surface area contributed by atoms with Crippen LogP contribution in [0.2, 0.25) is 0 Å². The predicted octanol–water partition coefficient (Wildman–Crippen LogP) is 1.43.